The number of aromatic nitrogens is 2. The SMILES string of the molecule is COc1ccc(-c2nn(-c3ccccc3)cc2C=N[C@H]2CCS(=O)(=O)C2)cc1. The Morgan fingerprint density at radius 3 is 2.54 bits per heavy atom. The van der Waals surface area contributed by atoms with Gasteiger partial charge in [0.15, 0.2) is 9.84 Å². The zero-order valence-electron chi connectivity index (χ0n) is 15.5. The Bertz CT molecular complexity index is 1090. The quantitative estimate of drug-likeness (QED) is 0.622. The van der Waals surface area contributed by atoms with E-state index in [-0.39, 0.29) is 17.5 Å². The topological polar surface area (TPSA) is 73.5 Å². The van der Waals surface area contributed by atoms with Crippen molar-refractivity contribution in [3.63, 3.8) is 0 Å². The van der Waals surface area contributed by atoms with E-state index in [1.165, 1.54) is 0 Å². The lowest BCUT2D eigenvalue weighted by molar-refractivity contribution is 0.415. The summed E-state index contributed by atoms with van der Waals surface area (Å²) in [6.07, 6.45) is 4.24. The van der Waals surface area contributed by atoms with E-state index >= 15 is 0 Å². The second-order valence-corrected chi connectivity index (χ2v) is 9.01. The van der Waals surface area contributed by atoms with Gasteiger partial charge in [0.2, 0.25) is 0 Å². The minimum absolute atomic E-state index is 0.119. The highest BCUT2D eigenvalue weighted by atomic mass is 32.2. The second-order valence-electron chi connectivity index (χ2n) is 6.78. The molecule has 1 saturated heterocycles. The van der Waals surface area contributed by atoms with Gasteiger partial charge in [-0.1, -0.05) is 18.2 Å². The van der Waals surface area contributed by atoms with Crippen molar-refractivity contribution in [3.05, 3.63) is 66.4 Å². The molecule has 7 heteroatoms. The Morgan fingerprint density at radius 1 is 1.14 bits per heavy atom. The highest BCUT2D eigenvalue weighted by Crippen LogP contribution is 2.25. The highest BCUT2D eigenvalue weighted by molar-refractivity contribution is 7.91. The Morgan fingerprint density at radius 2 is 1.89 bits per heavy atom. The first-order chi connectivity index (χ1) is 13.5. The first-order valence-electron chi connectivity index (χ1n) is 9.07. The second kappa shape index (κ2) is 7.59. The minimum Gasteiger partial charge on any atom is -0.497 e. The number of hydrogen-bond acceptors (Lipinski definition) is 5. The molecule has 28 heavy (non-hydrogen) atoms. The molecule has 0 spiro atoms. The molecule has 6 nitrogen and oxygen atoms in total. The van der Waals surface area contributed by atoms with Crippen LogP contribution in [0.5, 0.6) is 5.75 Å². The smallest absolute Gasteiger partial charge is 0.152 e. The van der Waals surface area contributed by atoms with Crippen molar-refractivity contribution in [1.82, 2.24) is 9.78 Å². The molecular weight excluding hydrogens is 374 g/mol. The van der Waals surface area contributed by atoms with Gasteiger partial charge in [-0.2, -0.15) is 5.10 Å². The summed E-state index contributed by atoms with van der Waals surface area (Å²) in [6.45, 7) is 0. The van der Waals surface area contributed by atoms with E-state index in [1.807, 2.05) is 65.5 Å². The fourth-order valence-electron chi connectivity index (χ4n) is 3.25. The summed E-state index contributed by atoms with van der Waals surface area (Å²) in [5.41, 5.74) is 3.52. The van der Waals surface area contributed by atoms with Gasteiger partial charge in [-0.3, -0.25) is 4.99 Å². The van der Waals surface area contributed by atoms with Gasteiger partial charge in [0.05, 0.1) is 30.3 Å². The third-order valence-electron chi connectivity index (χ3n) is 4.76. The molecule has 1 atom stereocenters. The number of methoxy groups -OCH3 is 1. The first kappa shape index (κ1) is 18.4. The average molecular weight is 395 g/mol. The van der Waals surface area contributed by atoms with Crippen molar-refractivity contribution >= 4 is 16.1 Å². The van der Waals surface area contributed by atoms with E-state index in [0.717, 1.165) is 28.3 Å². The number of hydrogen-bond donors (Lipinski definition) is 0. The van der Waals surface area contributed by atoms with E-state index in [9.17, 15) is 8.42 Å². The molecule has 3 aromatic rings. The van der Waals surface area contributed by atoms with Crippen molar-refractivity contribution in [1.29, 1.82) is 0 Å². The third kappa shape index (κ3) is 3.99. The summed E-state index contributed by atoms with van der Waals surface area (Å²) in [6, 6.07) is 17.3. The third-order valence-corrected chi connectivity index (χ3v) is 6.51. The molecule has 0 N–H and O–H groups in total. The number of nitrogens with zero attached hydrogens (tertiary/aromatic N) is 3. The zero-order valence-corrected chi connectivity index (χ0v) is 16.3. The lowest BCUT2D eigenvalue weighted by atomic mass is 10.1. The predicted molar refractivity (Wildman–Crippen MR) is 110 cm³/mol. The molecule has 144 valence electrons. The van der Waals surface area contributed by atoms with Crippen LogP contribution in [0.4, 0.5) is 0 Å². The Kier molecular flexibility index (Phi) is 5.00. The van der Waals surface area contributed by atoms with Gasteiger partial charge in [0.1, 0.15) is 11.4 Å². The van der Waals surface area contributed by atoms with Gasteiger partial charge in [-0.25, -0.2) is 13.1 Å². The lowest BCUT2D eigenvalue weighted by Crippen LogP contribution is -2.07. The Balaban J connectivity index is 1.71. The summed E-state index contributed by atoms with van der Waals surface area (Å²) in [5.74, 6) is 1.11. The van der Waals surface area contributed by atoms with E-state index in [4.69, 9.17) is 9.84 Å². The van der Waals surface area contributed by atoms with Crippen molar-refractivity contribution in [2.75, 3.05) is 18.6 Å². The Labute approximate surface area is 164 Å². The van der Waals surface area contributed by atoms with Crippen molar-refractivity contribution in [3.8, 4) is 22.7 Å². The summed E-state index contributed by atoms with van der Waals surface area (Å²) in [4.78, 5) is 4.53. The number of aliphatic imine (C=N–C) groups is 1. The molecular formula is C21H21N3O3S. The van der Waals surface area contributed by atoms with Crippen LogP contribution < -0.4 is 4.74 Å². The number of benzene rings is 2. The summed E-state index contributed by atoms with van der Waals surface area (Å²) in [5, 5.41) is 4.75. The lowest BCUT2D eigenvalue weighted by Gasteiger charge is -2.03. The highest BCUT2D eigenvalue weighted by Gasteiger charge is 2.27. The predicted octanol–water partition coefficient (Wildman–Crippen LogP) is 3.15. The van der Waals surface area contributed by atoms with Crippen LogP contribution in [0.15, 0.2) is 65.8 Å². The summed E-state index contributed by atoms with van der Waals surface area (Å²) < 4.78 is 30.4. The maximum atomic E-state index is 11.7. The van der Waals surface area contributed by atoms with E-state index in [1.54, 1.807) is 13.3 Å². The normalized spacial score (nSPS) is 18.5. The summed E-state index contributed by atoms with van der Waals surface area (Å²) in [7, 11) is -1.32. The van der Waals surface area contributed by atoms with Crippen molar-refractivity contribution in [2.45, 2.75) is 12.5 Å². The molecule has 1 aliphatic rings. The molecule has 0 radical (unpaired) electrons. The van der Waals surface area contributed by atoms with Crippen LogP contribution >= 0.6 is 0 Å². The van der Waals surface area contributed by atoms with Crippen LogP contribution in [0.1, 0.15) is 12.0 Å². The fraction of sp³-hybridized carbons (Fsp3) is 0.238. The maximum absolute atomic E-state index is 11.7. The monoisotopic (exact) mass is 395 g/mol. The van der Waals surface area contributed by atoms with Crippen LogP contribution in [-0.4, -0.2) is 49.1 Å². The van der Waals surface area contributed by atoms with E-state index < -0.39 is 9.84 Å². The minimum atomic E-state index is -2.96. The van der Waals surface area contributed by atoms with Crippen molar-refractivity contribution < 1.29 is 13.2 Å². The van der Waals surface area contributed by atoms with Gasteiger partial charge in [0, 0.05) is 23.5 Å². The van der Waals surface area contributed by atoms with E-state index in [0.29, 0.717) is 6.42 Å². The first-order valence-corrected chi connectivity index (χ1v) is 10.9. The molecule has 2 heterocycles. The number of sulfone groups is 1. The molecule has 1 aromatic heterocycles. The molecule has 1 aliphatic heterocycles. The van der Waals surface area contributed by atoms with Crippen LogP contribution in [0.2, 0.25) is 0 Å². The van der Waals surface area contributed by atoms with Gasteiger partial charge in [-0.05, 0) is 42.8 Å². The van der Waals surface area contributed by atoms with Crippen LogP contribution in [-0.2, 0) is 9.84 Å². The molecule has 0 amide bonds. The number of ether oxygens (including phenoxy) is 1. The van der Waals surface area contributed by atoms with Gasteiger partial charge >= 0.3 is 0 Å². The van der Waals surface area contributed by atoms with E-state index in [2.05, 4.69) is 4.99 Å². The summed E-state index contributed by atoms with van der Waals surface area (Å²) >= 11 is 0. The average Bonchev–Trinajstić information content (AvgIpc) is 3.30. The number of para-hydroxylation sites is 1. The molecule has 4 rings (SSSR count). The molecule has 0 bridgehead atoms. The number of rotatable bonds is 5. The molecule has 2 aromatic carbocycles. The molecule has 0 saturated carbocycles. The molecule has 1 fully saturated rings. The van der Waals surface area contributed by atoms with Gasteiger partial charge in [-0.15, -0.1) is 0 Å². The van der Waals surface area contributed by atoms with Crippen LogP contribution in [0.25, 0.3) is 16.9 Å². The van der Waals surface area contributed by atoms with Gasteiger partial charge < -0.3 is 4.74 Å². The molecule has 0 aliphatic carbocycles. The largest absolute Gasteiger partial charge is 0.497 e. The van der Waals surface area contributed by atoms with Crippen molar-refractivity contribution in [2.24, 2.45) is 4.99 Å². The van der Waals surface area contributed by atoms with Gasteiger partial charge in [0.25, 0.3) is 0 Å². The standard InChI is InChI=1S/C21H21N3O3S/c1-27-20-9-7-16(8-10-20)21-17(13-22-18-11-12-28(25,26)15-18)14-24(23-21)19-5-3-2-4-6-19/h2-10,13-14,18H,11-12,15H2,1H3/t18-/m0/s1. The fourth-order valence-corrected chi connectivity index (χ4v) is 4.88. The molecule has 0 unspecified atom stereocenters. The zero-order chi connectivity index (χ0) is 19.6. The Hall–Kier alpha value is -2.93. The van der Waals surface area contributed by atoms with Crippen LogP contribution in [0, 0.1) is 0 Å². The maximum Gasteiger partial charge on any atom is 0.152 e. The van der Waals surface area contributed by atoms with Crippen LogP contribution in [0.3, 0.4) is 0 Å².